The summed E-state index contributed by atoms with van der Waals surface area (Å²) in [5.41, 5.74) is 1.75. The molecule has 0 bridgehead atoms. The van der Waals surface area contributed by atoms with Crippen LogP contribution in [0.1, 0.15) is 17.5 Å². The average Bonchev–Trinajstić information content (AvgIpc) is 2.69. The van der Waals surface area contributed by atoms with Crippen LogP contribution in [-0.2, 0) is 16.0 Å². The predicted molar refractivity (Wildman–Crippen MR) is 116 cm³/mol. The van der Waals surface area contributed by atoms with E-state index in [1.54, 1.807) is 12.1 Å². The highest BCUT2D eigenvalue weighted by Gasteiger charge is 2.13. The minimum Gasteiger partial charge on any atom is -0.480 e. The zero-order valence-corrected chi connectivity index (χ0v) is 18.5. The molecule has 0 aromatic heterocycles. The van der Waals surface area contributed by atoms with Crippen molar-refractivity contribution in [3.05, 3.63) is 68.1 Å². The van der Waals surface area contributed by atoms with Crippen molar-refractivity contribution in [3.63, 3.8) is 0 Å². The van der Waals surface area contributed by atoms with Gasteiger partial charge in [-0.05, 0) is 74.0 Å². The van der Waals surface area contributed by atoms with Crippen LogP contribution in [0.2, 0.25) is 0 Å². The van der Waals surface area contributed by atoms with Crippen LogP contribution < -0.4 is 10.1 Å². The molecule has 0 aliphatic heterocycles. The lowest BCUT2D eigenvalue weighted by Gasteiger charge is -2.10. The third kappa shape index (κ3) is 7.37. The lowest BCUT2D eigenvalue weighted by molar-refractivity contribution is -0.139. The Labute approximate surface area is 185 Å². The molecule has 0 fully saturated rings. The van der Waals surface area contributed by atoms with Crippen LogP contribution >= 0.6 is 31.9 Å². The number of nitrogens with zero attached hydrogens (tertiary/aromatic N) is 1. The SMILES string of the molecule is N#C/C(=C/c1cc(Br)c(OCC(=O)O)c(Br)c1)C(=O)NCCCc1ccccc1. The molecule has 2 aromatic rings. The highest BCUT2D eigenvalue weighted by Crippen LogP contribution is 2.35. The Bertz CT molecular complexity index is 930. The van der Waals surface area contributed by atoms with Crippen molar-refractivity contribution in [2.75, 3.05) is 13.2 Å². The molecule has 8 heteroatoms. The number of hydrogen-bond donors (Lipinski definition) is 2. The number of aryl methyl sites for hydroxylation is 1. The smallest absolute Gasteiger partial charge is 0.341 e. The van der Waals surface area contributed by atoms with E-state index >= 15 is 0 Å². The summed E-state index contributed by atoms with van der Waals surface area (Å²) in [4.78, 5) is 23.0. The number of amides is 1. The Morgan fingerprint density at radius 3 is 2.41 bits per heavy atom. The zero-order chi connectivity index (χ0) is 21.2. The van der Waals surface area contributed by atoms with Gasteiger partial charge in [0.2, 0.25) is 0 Å². The first-order valence-corrected chi connectivity index (χ1v) is 10.3. The Hall–Kier alpha value is -2.63. The third-order valence-electron chi connectivity index (χ3n) is 3.81. The second-order valence-corrected chi connectivity index (χ2v) is 7.72. The van der Waals surface area contributed by atoms with Gasteiger partial charge in [0.05, 0.1) is 8.95 Å². The van der Waals surface area contributed by atoms with Crippen LogP contribution in [0.5, 0.6) is 5.75 Å². The molecule has 6 nitrogen and oxygen atoms in total. The van der Waals surface area contributed by atoms with Crippen molar-refractivity contribution in [2.45, 2.75) is 12.8 Å². The Morgan fingerprint density at radius 2 is 1.83 bits per heavy atom. The van der Waals surface area contributed by atoms with Crippen molar-refractivity contribution in [3.8, 4) is 11.8 Å². The fourth-order valence-corrected chi connectivity index (χ4v) is 3.94. The Morgan fingerprint density at radius 1 is 1.17 bits per heavy atom. The van der Waals surface area contributed by atoms with Crippen molar-refractivity contribution in [2.24, 2.45) is 0 Å². The van der Waals surface area contributed by atoms with Crippen molar-refractivity contribution in [1.29, 1.82) is 5.26 Å². The second-order valence-electron chi connectivity index (χ2n) is 6.01. The molecule has 0 aliphatic rings. The topological polar surface area (TPSA) is 99.4 Å². The maximum atomic E-state index is 12.3. The van der Waals surface area contributed by atoms with E-state index in [1.807, 2.05) is 36.4 Å². The lowest BCUT2D eigenvalue weighted by Crippen LogP contribution is -2.25. The standard InChI is InChI=1S/C21H18Br2N2O4/c22-17-10-15(11-18(23)20(17)29-13-19(26)27)9-16(12-24)21(28)25-8-4-7-14-5-2-1-3-6-14/h1-3,5-6,9-11H,4,7-8,13H2,(H,25,28)(H,26,27)/b16-9-. The summed E-state index contributed by atoms with van der Waals surface area (Å²) >= 11 is 6.62. The van der Waals surface area contributed by atoms with Gasteiger partial charge in [-0.25, -0.2) is 4.79 Å². The largest absolute Gasteiger partial charge is 0.480 e. The molecule has 0 saturated heterocycles. The van der Waals surface area contributed by atoms with Gasteiger partial charge in [0.25, 0.3) is 5.91 Å². The molecule has 0 spiro atoms. The van der Waals surface area contributed by atoms with E-state index in [0.717, 1.165) is 12.8 Å². The average molecular weight is 522 g/mol. The highest BCUT2D eigenvalue weighted by atomic mass is 79.9. The number of carboxylic acid groups (broad SMARTS) is 1. The number of benzene rings is 2. The summed E-state index contributed by atoms with van der Waals surface area (Å²) in [5.74, 6) is -1.21. The molecule has 150 valence electrons. The molecular weight excluding hydrogens is 504 g/mol. The monoisotopic (exact) mass is 520 g/mol. The van der Waals surface area contributed by atoms with Crippen molar-refractivity contribution >= 4 is 49.8 Å². The van der Waals surface area contributed by atoms with Gasteiger partial charge >= 0.3 is 5.97 Å². The van der Waals surface area contributed by atoms with Gasteiger partial charge in [-0.3, -0.25) is 4.79 Å². The number of hydrogen-bond acceptors (Lipinski definition) is 4. The molecule has 0 atom stereocenters. The molecular formula is C21H18Br2N2O4. The van der Waals surface area contributed by atoms with Crippen LogP contribution in [0.4, 0.5) is 0 Å². The first kappa shape index (κ1) is 22.7. The van der Waals surface area contributed by atoms with Crippen LogP contribution in [-0.4, -0.2) is 30.1 Å². The van der Waals surface area contributed by atoms with E-state index in [9.17, 15) is 14.9 Å². The minimum atomic E-state index is -1.09. The molecule has 0 unspecified atom stereocenters. The third-order valence-corrected chi connectivity index (χ3v) is 4.99. The summed E-state index contributed by atoms with van der Waals surface area (Å²) in [6, 6.07) is 15.2. The maximum absolute atomic E-state index is 12.3. The first-order valence-electron chi connectivity index (χ1n) is 8.68. The number of nitriles is 1. The number of ether oxygens (including phenoxy) is 1. The van der Waals surface area contributed by atoms with Gasteiger partial charge in [0.15, 0.2) is 6.61 Å². The number of carboxylic acids is 1. The van der Waals surface area contributed by atoms with Gasteiger partial charge in [0, 0.05) is 6.54 Å². The fraction of sp³-hybridized carbons (Fsp3) is 0.190. The minimum absolute atomic E-state index is 0.0253. The molecule has 2 aromatic carbocycles. The normalized spacial score (nSPS) is 10.9. The summed E-state index contributed by atoms with van der Waals surface area (Å²) in [7, 11) is 0. The molecule has 29 heavy (non-hydrogen) atoms. The van der Waals surface area contributed by atoms with E-state index in [2.05, 4.69) is 37.2 Å². The van der Waals surface area contributed by atoms with Gasteiger partial charge in [-0.15, -0.1) is 0 Å². The van der Waals surface area contributed by atoms with Gasteiger partial charge < -0.3 is 15.2 Å². The molecule has 0 saturated carbocycles. The van der Waals surface area contributed by atoms with Gasteiger partial charge in [-0.2, -0.15) is 5.26 Å². The number of aliphatic carboxylic acids is 1. The highest BCUT2D eigenvalue weighted by molar-refractivity contribution is 9.11. The number of halogens is 2. The van der Waals surface area contributed by atoms with Crippen LogP contribution in [0.3, 0.4) is 0 Å². The summed E-state index contributed by atoms with van der Waals surface area (Å²) < 4.78 is 6.21. The molecule has 2 N–H and O–H groups in total. The fourth-order valence-electron chi connectivity index (χ4n) is 2.48. The summed E-state index contributed by atoms with van der Waals surface area (Å²) in [5, 5.41) is 20.8. The Kier molecular flexibility index (Phi) is 8.90. The molecule has 2 rings (SSSR count). The van der Waals surface area contributed by atoms with Gasteiger partial charge in [-0.1, -0.05) is 30.3 Å². The van der Waals surface area contributed by atoms with Crippen LogP contribution in [0, 0.1) is 11.3 Å². The van der Waals surface area contributed by atoms with E-state index in [1.165, 1.54) is 11.6 Å². The molecule has 0 heterocycles. The number of nitrogens with one attached hydrogen (secondary N) is 1. The van der Waals surface area contributed by atoms with Crippen LogP contribution in [0.15, 0.2) is 57.0 Å². The lowest BCUT2D eigenvalue weighted by atomic mass is 10.1. The molecule has 1 amide bonds. The quantitative estimate of drug-likeness (QED) is 0.290. The van der Waals surface area contributed by atoms with Crippen molar-refractivity contribution in [1.82, 2.24) is 5.32 Å². The predicted octanol–water partition coefficient (Wildman–Crippen LogP) is 4.33. The Balaban J connectivity index is 1.99. The van der Waals surface area contributed by atoms with E-state index < -0.39 is 18.5 Å². The summed E-state index contributed by atoms with van der Waals surface area (Å²) in [6.07, 6.45) is 3.06. The maximum Gasteiger partial charge on any atom is 0.341 e. The van der Waals surface area contributed by atoms with Crippen LogP contribution in [0.25, 0.3) is 6.08 Å². The zero-order valence-electron chi connectivity index (χ0n) is 15.3. The molecule has 0 radical (unpaired) electrons. The number of rotatable bonds is 9. The first-order chi connectivity index (χ1) is 13.9. The van der Waals surface area contributed by atoms with Crippen molar-refractivity contribution < 1.29 is 19.4 Å². The van der Waals surface area contributed by atoms with E-state index in [0.29, 0.717) is 26.8 Å². The number of carbonyl (C=O) groups excluding carboxylic acids is 1. The van der Waals surface area contributed by atoms with E-state index in [4.69, 9.17) is 9.84 Å². The molecule has 0 aliphatic carbocycles. The summed E-state index contributed by atoms with van der Waals surface area (Å²) in [6.45, 7) is -0.0245. The van der Waals surface area contributed by atoms with E-state index in [-0.39, 0.29) is 5.57 Å². The number of carbonyl (C=O) groups is 2. The second kappa shape index (κ2) is 11.4. The van der Waals surface area contributed by atoms with Gasteiger partial charge in [0.1, 0.15) is 17.4 Å².